The second kappa shape index (κ2) is 10.2. The number of nitrogens with one attached hydrogen (secondary N) is 2. The third kappa shape index (κ3) is 5.33. The van der Waals surface area contributed by atoms with Gasteiger partial charge in [-0.05, 0) is 49.9 Å². The highest BCUT2D eigenvalue weighted by molar-refractivity contribution is 6.04. The number of carbonyl (C=O) groups is 2. The smallest absolute Gasteiger partial charge is 0.253 e. The molecule has 1 fully saturated rings. The number of benzene rings is 2. The Balaban J connectivity index is 0.00000280. The van der Waals surface area contributed by atoms with Gasteiger partial charge in [0.15, 0.2) is 0 Å². The number of nitrogens with two attached hydrogens (primary N) is 1. The third-order valence-electron chi connectivity index (χ3n) is 5.30. The van der Waals surface area contributed by atoms with Crippen LogP contribution in [0.25, 0.3) is 0 Å². The van der Waals surface area contributed by atoms with Crippen LogP contribution in [0.1, 0.15) is 40.7 Å². The molecular weight excluding hydrogens is 374 g/mol. The van der Waals surface area contributed by atoms with Gasteiger partial charge < -0.3 is 16.4 Å². The largest absolute Gasteiger partial charge is 0.348 e. The topological polar surface area (TPSA) is 84.2 Å². The normalized spacial score (nSPS) is 18.2. The fourth-order valence-electron chi connectivity index (χ4n) is 3.66. The first-order chi connectivity index (χ1) is 13.1. The van der Waals surface area contributed by atoms with Gasteiger partial charge in [-0.3, -0.25) is 9.59 Å². The highest BCUT2D eigenvalue weighted by atomic mass is 35.5. The van der Waals surface area contributed by atoms with Crippen LogP contribution in [0.15, 0.2) is 48.5 Å². The first kappa shape index (κ1) is 21.9. The minimum Gasteiger partial charge on any atom is -0.348 e. The van der Waals surface area contributed by atoms with Gasteiger partial charge in [-0.1, -0.05) is 48.4 Å². The summed E-state index contributed by atoms with van der Waals surface area (Å²) in [4.78, 5) is 25.3. The molecule has 1 aliphatic carbocycles. The van der Waals surface area contributed by atoms with Crippen molar-refractivity contribution < 1.29 is 9.59 Å². The van der Waals surface area contributed by atoms with Crippen LogP contribution in [0, 0.1) is 18.8 Å². The van der Waals surface area contributed by atoms with Crippen molar-refractivity contribution in [1.29, 1.82) is 0 Å². The van der Waals surface area contributed by atoms with E-state index in [1.165, 1.54) is 5.56 Å². The lowest BCUT2D eigenvalue weighted by Gasteiger charge is -2.18. The lowest BCUT2D eigenvalue weighted by Crippen LogP contribution is -2.31. The first-order valence-electron chi connectivity index (χ1n) is 9.52. The molecule has 3 rings (SSSR count). The molecule has 0 saturated heterocycles. The molecule has 2 aromatic rings. The summed E-state index contributed by atoms with van der Waals surface area (Å²) in [5.74, 6) is -0.0822. The third-order valence-corrected chi connectivity index (χ3v) is 5.30. The predicted molar refractivity (Wildman–Crippen MR) is 115 cm³/mol. The van der Waals surface area contributed by atoms with Gasteiger partial charge in [0.05, 0.1) is 11.3 Å². The van der Waals surface area contributed by atoms with Gasteiger partial charge >= 0.3 is 0 Å². The molecule has 6 heteroatoms. The zero-order chi connectivity index (χ0) is 19.2. The number of para-hydroxylation sites is 1. The van der Waals surface area contributed by atoms with E-state index < -0.39 is 0 Å². The fraction of sp³-hybridized carbons (Fsp3) is 0.364. The lowest BCUT2D eigenvalue weighted by molar-refractivity contribution is -0.120. The van der Waals surface area contributed by atoms with Crippen molar-refractivity contribution in [2.45, 2.75) is 32.7 Å². The van der Waals surface area contributed by atoms with E-state index in [1.807, 2.05) is 37.3 Å². The fourth-order valence-corrected chi connectivity index (χ4v) is 3.66. The van der Waals surface area contributed by atoms with E-state index in [-0.39, 0.29) is 36.1 Å². The molecule has 0 spiro atoms. The summed E-state index contributed by atoms with van der Waals surface area (Å²) in [7, 11) is 0. The maximum Gasteiger partial charge on any atom is 0.253 e. The summed E-state index contributed by atoms with van der Waals surface area (Å²) in [6, 6.07) is 15.2. The molecule has 0 heterocycles. The maximum absolute atomic E-state index is 12.7. The highest BCUT2D eigenvalue weighted by Crippen LogP contribution is 2.32. The van der Waals surface area contributed by atoms with Crippen LogP contribution in [0.5, 0.6) is 0 Å². The molecule has 2 atom stereocenters. The van der Waals surface area contributed by atoms with Crippen LogP contribution in [-0.2, 0) is 11.3 Å². The number of aryl methyl sites for hydroxylation is 1. The van der Waals surface area contributed by atoms with Gasteiger partial charge in [0.1, 0.15) is 0 Å². The zero-order valence-corrected chi connectivity index (χ0v) is 16.9. The molecule has 0 aromatic heterocycles. The van der Waals surface area contributed by atoms with E-state index in [4.69, 9.17) is 5.73 Å². The molecule has 1 saturated carbocycles. The quantitative estimate of drug-likeness (QED) is 0.690. The average Bonchev–Trinajstić information content (AvgIpc) is 3.17. The minimum atomic E-state index is -0.201. The number of rotatable bonds is 6. The van der Waals surface area contributed by atoms with Crippen LogP contribution in [0.2, 0.25) is 0 Å². The van der Waals surface area contributed by atoms with Gasteiger partial charge in [0, 0.05) is 12.5 Å². The van der Waals surface area contributed by atoms with Crippen molar-refractivity contribution in [3.63, 3.8) is 0 Å². The summed E-state index contributed by atoms with van der Waals surface area (Å²) in [5.41, 5.74) is 9.03. The second-order valence-electron chi connectivity index (χ2n) is 7.24. The van der Waals surface area contributed by atoms with E-state index >= 15 is 0 Å². The van der Waals surface area contributed by atoms with E-state index in [1.54, 1.807) is 18.2 Å². The number of halogens is 1. The van der Waals surface area contributed by atoms with Crippen LogP contribution in [0.4, 0.5) is 5.69 Å². The van der Waals surface area contributed by atoms with E-state index in [0.717, 1.165) is 24.8 Å². The molecule has 2 aromatic carbocycles. The Kier molecular flexibility index (Phi) is 8.03. The van der Waals surface area contributed by atoms with Gasteiger partial charge in [-0.15, -0.1) is 12.4 Å². The SMILES string of the molecule is Cc1ccc(CNC(=O)c2ccccc2NC(=O)[C@@H]2CCC[C@@H]2CN)cc1.Cl. The Morgan fingerprint density at radius 2 is 1.79 bits per heavy atom. The number of carbonyl (C=O) groups excluding carboxylic acids is 2. The molecule has 4 N–H and O–H groups in total. The molecule has 28 heavy (non-hydrogen) atoms. The van der Waals surface area contributed by atoms with E-state index in [2.05, 4.69) is 10.6 Å². The minimum absolute atomic E-state index is 0. The first-order valence-corrected chi connectivity index (χ1v) is 9.52. The summed E-state index contributed by atoms with van der Waals surface area (Å²) < 4.78 is 0. The monoisotopic (exact) mass is 401 g/mol. The van der Waals surface area contributed by atoms with Crippen molar-refractivity contribution >= 4 is 29.9 Å². The maximum atomic E-state index is 12.7. The Morgan fingerprint density at radius 3 is 2.50 bits per heavy atom. The van der Waals surface area contributed by atoms with Gasteiger partial charge in [0.2, 0.25) is 5.91 Å². The molecule has 5 nitrogen and oxygen atoms in total. The zero-order valence-electron chi connectivity index (χ0n) is 16.1. The van der Waals surface area contributed by atoms with E-state index in [0.29, 0.717) is 24.3 Å². The van der Waals surface area contributed by atoms with Gasteiger partial charge in [0.25, 0.3) is 5.91 Å². The van der Waals surface area contributed by atoms with Gasteiger partial charge in [-0.25, -0.2) is 0 Å². The Bertz CT molecular complexity index is 808. The van der Waals surface area contributed by atoms with Gasteiger partial charge in [-0.2, -0.15) is 0 Å². The number of hydrogen-bond donors (Lipinski definition) is 3. The Hall–Kier alpha value is -2.37. The van der Waals surface area contributed by atoms with E-state index in [9.17, 15) is 9.59 Å². The molecule has 150 valence electrons. The molecular formula is C22H28ClN3O2. The van der Waals surface area contributed by atoms with Crippen molar-refractivity contribution in [3.05, 3.63) is 65.2 Å². The average molecular weight is 402 g/mol. The summed E-state index contributed by atoms with van der Waals surface area (Å²) in [6.45, 7) is 3.00. The molecule has 0 aliphatic heterocycles. The summed E-state index contributed by atoms with van der Waals surface area (Å²) >= 11 is 0. The number of anilines is 1. The van der Waals surface area contributed by atoms with Crippen LogP contribution in [0.3, 0.4) is 0 Å². The molecule has 0 radical (unpaired) electrons. The summed E-state index contributed by atoms with van der Waals surface area (Å²) in [6.07, 6.45) is 2.88. The molecule has 1 aliphatic rings. The number of amides is 2. The molecule has 2 amide bonds. The van der Waals surface area contributed by atoms with Crippen molar-refractivity contribution in [2.75, 3.05) is 11.9 Å². The standard InChI is InChI=1S/C22H27N3O2.ClH/c1-15-9-11-16(12-10-15)14-24-21(26)19-6-2-3-8-20(19)25-22(27)18-7-4-5-17(18)13-23;/h2-3,6,8-12,17-18H,4-5,7,13-14,23H2,1H3,(H,24,26)(H,25,27);1H/t17-,18-;/m1./s1. The van der Waals surface area contributed by atoms with Crippen molar-refractivity contribution in [1.82, 2.24) is 5.32 Å². The lowest BCUT2D eigenvalue weighted by atomic mass is 9.95. The van der Waals surface area contributed by atoms with Crippen LogP contribution >= 0.6 is 12.4 Å². The highest BCUT2D eigenvalue weighted by Gasteiger charge is 2.32. The number of hydrogen-bond acceptors (Lipinski definition) is 3. The van der Waals surface area contributed by atoms with Crippen LogP contribution < -0.4 is 16.4 Å². The Labute approximate surface area is 172 Å². The predicted octanol–water partition coefficient (Wildman–Crippen LogP) is 3.66. The molecule has 0 bridgehead atoms. The Morgan fingerprint density at radius 1 is 1.07 bits per heavy atom. The second-order valence-corrected chi connectivity index (χ2v) is 7.24. The summed E-state index contributed by atoms with van der Waals surface area (Å²) in [5, 5.41) is 5.88. The van der Waals surface area contributed by atoms with Crippen molar-refractivity contribution in [2.24, 2.45) is 17.6 Å². The molecule has 0 unspecified atom stereocenters. The van der Waals surface area contributed by atoms with Crippen molar-refractivity contribution in [3.8, 4) is 0 Å². The van der Waals surface area contributed by atoms with Crippen LogP contribution in [-0.4, -0.2) is 18.4 Å².